The minimum absolute atomic E-state index is 0.221. The second-order valence-electron chi connectivity index (χ2n) is 4.16. The molecule has 1 fully saturated rings. The molecule has 1 aliphatic heterocycles. The first-order valence-corrected chi connectivity index (χ1v) is 5.45. The number of rotatable bonds is 3. The highest BCUT2D eigenvalue weighted by atomic mass is 16.1. The summed E-state index contributed by atoms with van der Waals surface area (Å²) < 4.78 is 0. The Balaban J connectivity index is 2.61. The minimum atomic E-state index is 0.221. The summed E-state index contributed by atoms with van der Waals surface area (Å²) >= 11 is 0. The van der Waals surface area contributed by atoms with Crippen molar-refractivity contribution in [1.82, 2.24) is 4.90 Å². The second-order valence-corrected chi connectivity index (χ2v) is 4.16. The first-order valence-electron chi connectivity index (χ1n) is 5.45. The van der Waals surface area contributed by atoms with Crippen molar-refractivity contribution in [1.29, 1.82) is 0 Å². The van der Waals surface area contributed by atoms with Crippen LogP contribution in [0, 0.1) is 0 Å². The first-order chi connectivity index (χ1) is 6.16. The van der Waals surface area contributed by atoms with Gasteiger partial charge >= 0.3 is 0 Å². The summed E-state index contributed by atoms with van der Waals surface area (Å²) in [6.07, 6.45) is 4.24. The van der Waals surface area contributed by atoms with Gasteiger partial charge in [-0.15, -0.1) is 0 Å². The average molecular weight is 183 g/mol. The lowest BCUT2D eigenvalue weighted by molar-refractivity contribution is -0.126. The Morgan fingerprint density at radius 1 is 1.46 bits per heavy atom. The van der Waals surface area contributed by atoms with Gasteiger partial charge in [-0.05, 0) is 33.2 Å². The summed E-state index contributed by atoms with van der Waals surface area (Å²) in [6, 6.07) is 0.736. The highest BCUT2D eigenvalue weighted by Gasteiger charge is 2.28. The predicted octanol–water partition coefficient (Wildman–Crippen LogP) is 2.23. The van der Waals surface area contributed by atoms with Gasteiger partial charge in [0.05, 0.1) is 6.04 Å². The molecule has 1 aliphatic rings. The number of carbonyl (C=O) groups excluding carboxylic acids is 1. The Labute approximate surface area is 81.3 Å². The highest BCUT2D eigenvalue weighted by Crippen LogP contribution is 2.20. The molecule has 0 aliphatic carbocycles. The van der Waals surface area contributed by atoms with Crippen LogP contribution in [-0.4, -0.2) is 29.3 Å². The third kappa shape index (κ3) is 2.53. The molecular formula is C11H21NO. The molecule has 0 saturated carbocycles. The Hall–Kier alpha value is -0.370. The van der Waals surface area contributed by atoms with E-state index < -0.39 is 0 Å². The number of nitrogens with zero attached hydrogens (tertiary/aromatic N) is 1. The molecule has 1 atom stereocenters. The zero-order chi connectivity index (χ0) is 9.84. The van der Waals surface area contributed by atoms with Crippen LogP contribution >= 0.6 is 0 Å². The van der Waals surface area contributed by atoms with Crippen molar-refractivity contribution in [3.05, 3.63) is 0 Å². The lowest BCUT2D eigenvalue weighted by atomic mass is 9.96. The van der Waals surface area contributed by atoms with Gasteiger partial charge in [0, 0.05) is 12.5 Å². The number of carbonyl (C=O) groups is 1. The number of Topliss-reactive ketones (excluding diaryl/α,β-unsaturated/α-hetero) is 1. The van der Waals surface area contributed by atoms with Crippen LogP contribution in [0.2, 0.25) is 0 Å². The van der Waals surface area contributed by atoms with E-state index in [1.165, 1.54) is 12.8 Å². The van der Waals surface area contributed by atoms with Crippen LogP contribution in [0.1, 0.15) is 46.5 Å². The van der Waals surface area contributed by atoms with Gasteiger partial charge in [0.2, 0.25) is 0 Å². The molecule has 0 aromatic heterocycles. The molecule has 0 radical (unpaired) electrons. The lowest BCUT2D eigenvalue weighted by Gasteiger charge is -2.37. The Morgan fingerprint density at radius 3 is 2.69 bits per heavy atom. The maximum absolute atomic E-state index is 11.6. The second kappa shape index (κ2) is 4.75. The van der Waals surface area contributed by atoms with Gasteiger partial charge < -0.3 is 0 Å². The molecular weight excluding hydrogens is 162 g/mol. The van der Waals surface area contributed by atoms with Crippen LogP contribution in [0.25, 0.3) is 0 Å². The van der Waals surface area contributed by atoms with Gasteiger partial charge in [0.1, 0.15) is 5.78 Å². The molecule has 2 heteroatoms. The van der Waals surface area contributed by atoms with Crippen molar-refractivity contribution in [2.75, 3.05) is 6.54 Å². The van der Waals surface area contributed by atoms with Gasteiger partial charge in [-0.2, -0.15) is 0 Å². The number of ketones is 1. The molecule has 0 unspecified atom stereocenters. The Kier molecular flexibility index (Phi) is 3.91. The van der Waals surface area contributed by atoms with Crippen molar-refractivity contribution in [2.24, 2.45) is 0 Å². The van der Waals surface area contributed by atoms with Crippen LogP contribution in [-0.2, 0) is 4.79 Å². The molecule has 76 valence electrons. The van der Waals surface area contributed by atoms with Crippen molar-refractivity contribution in [2.45, 2.75) is 58.5 Å². The maximum atomic E-state index is 11.6. The molecule has 2 nitrogen and oxygen atoms in total. The molecule has 0 aromatic rings. The van der Waals surface area contributed by atoms with Crippen LogP contribution < -0.4 is 0 Å². The molecule has 13 heavy (non-hydrogen) atoms. The Morgan fingerprint density at radius 2 is 2.15 bits per heavy atom. The van der Waals surface area contributed by atoms with Crippen molar-refractivity contribution < 1.29 is 4.79 Å². The van der Waals surface area contributed by atoms with E-state index in [4.69, 9.17) is 0 Å². The fourth-order valence-corrected chi connectivity index (χ4v) is 2.15. The van der Waals surface area contributed by atoms with Gasteiger partial charge in [0.15, 0.2) is 0 Å². The zero-order valence-electron chi connectivity index (χ0n) is 9.05. The summed E-state index contributed by atoms with van der Waals surface area (Å²) in [5.41, 5.74) is 0. The normalized spacial score (nSPS) is 25.1. The van der Waals surface area contributed by atoms with Crippen LogP contribution in [0.15, 0.2) is 0 Å². The van der Waals surface area contributed by atoms with E-state index in [9.17, 15) is 4.79 Å². The van der Waals surface area contributed by atoms with E-state index in [2.05, 4.69) is 18.7 Å². The fourth-order valence-electron chi connectivity index (χ4n) is 2.15. The number of piperidine rings is 1. The highest BCUT2D eigenvalue weighted by molar-refractivity contribution is 5.83. The summed E-state index contributed by atoms with van der Waals surface area (Å²) in [6.45, 7) is 7.44. The quantitative estimate of drug-likeness (QED) is 0.668. The molecule has 1 saturated heterocycles. The summed E-state index contributed by atoms with van der Waals surface area (Å²) in [7, 11) is 0. The van der Waals surface area contributed by atoms with E-state index in [0.29, 0.717) is 18.2 Å². The molecule has 0 spiro atoms. The van der Waals surface area contributed by atoms with Gasteiger partial charge in [-0.25, -0.2) is 0 Å². The standard InChI is InChI=1S/C11H21NO/c1-4-11(13)10-7-5-6-8-12(10)9(2)3/h9-10H,4-8H2,1-3H3/t10-/m0/s1. The summed E-state index contributed by atoms with van der Waals surface area (Å²) in [4.78, 5) is 14.0. The van der Waals surface area contributed by atoms with Crippen LogP contribution in [0.4, 0.5) is 0 Å². The lowest BCUT2D eigenvalue weighted by Crippen LogP contribution is -2.47. The SMILES string of the molecule is CCC(=O)[C@@H]1CCCCN1C(C)C. The molecule has 1 heterocycles. The number of hydrogen-bond donors (Lipinski definition) is 0. The van der Waals surface area contributed by atoms with Crippen molar-refractivity contribution >= 4 is 5.78 Å². The number of hydrogen-bond acceptors (Lipinski definition) is 2. The first kappa shape index (κ1) is 10.7. The average Bonchev–Trinajstić information content (AvgIpc) is 2.16. The third-order valence-corrected chi connectivity index (χ3v) is 2.93. The predicted molar refractivity (Wildman–Crippen MR) is 54.8 cm³/mol. The van der Waals surface area contributed by atoms with Gasteiger partial charge in [-0.3, -0.25) is 9.69 Å². The topological polar surface area (TPSA) is 20.3 Å². The Bertz CT molecular complexity index is 177. The van der Waals surface area contributed by atoms with E-state index in [-0.39, 0.29) is 6.04 Å². The molecule has 0 amide bonds. The van der Waals surface area contributed by atoms with Crippen molar-refractivity contribution in [3.63, 3.8) is 0 Å². The maximum Gasteiger partial charge on any atom is 0.149 e. The van der Waals surface area contributed by atoms with Gasteiger partial charge in [-0.1, -0.05) is 13.3 Å². The third-order valence-electron chi connectivity index (χ3n) is 2.93. The van der Waals surface area contributed by atoms with Crippen LogP contribution in [0.3, 0.4) is 0 Å². The summed E-state index contributed by atoms with van der Waals surface area (Å²) in [5, 5.41) is 0. The van der Waals surface area contributed by atoms with E-state index in [1.54, 1.807) is 0 Å². The molecule has 0 bridgehead atoms. The molecule has 1 rings (SSSR count). The number of likely N-dealkylation sites (tertiary alicyclic amines) is 1. The van der Waals surface area contributed by atoms with E-state index in [1.807, 2.05) is 6.92 Å². The van der Waals surface area contributed by atoms with E-state index >= 15 is 0 Å². The smallest absolute Gasteiger partial charge is 0.149 e. The largest absolute Gasteiger partial charge is 0.298 e. The van der Waals surface area contributed by atoms with Gasteiger partial charge in [0.25, 0.3) is 0 Å². The van der Waals surface area contributed by atoms with Crippen LogP contribution in [0.5, 0.6) is 0 Å². The van der Waals surface area contributed by atoms with E-state index in [0.717, 1.165) is 13.0 Å². The monoisotopic (exact) mass is 183 g/mol. The molecule has 0 aromatic carbocycles. The fraction of sp³-hybridized carbons (Fsp3) is 0.909. The summed E-state index contributed by atoms with van der Waals surface area (Å²) in [5.74, 6) is 0.424. The van der Waals surface area contributed by atoms with Crippen molar-refractivity contribution in [3.8, 4) is 0 Å². The molecule has 0 N–H and O–H groups in total. The zero-order valence-corrected chi connectivity index (χ0v) is 9.05. The minimum Gasteiger partial charge on any atom is -0.298 e.